The zero-order valence-electron chi connectivity index (χ0n) is 17.3. The molecule has 2 fully saturated rings. The number of carbonyl (C=O) groups is 3. The number of aryl methyl sites for hydroxylation is 1. The van der Waals surface area contributed by atoms with Crippen LogP contribution in [0, 0.1) is 37.5 Å². The second-order valence-electron chi connectivity index (χ2n) is 8.70. The van der Waals surface area contributed by atoms with Crippen molar-refractivity contribution >= 4 is 29.1 Å². The Balaban J connectivity index is 1.49. The van der Waals surface area contributed by atoms with Crippen molar-refractivity contribution < 1.29 is 14.4 Å². The van der Waals surface area contributed by atoms with Gasteiger partial charge in [0.05, 0.1) is 23.1 Å². The van der Waals surface area contributed by atoms with Crippen LogP contribution in [0.5, 0.6) is 0 Å². The molecule has 1 N–H and O–H groups in total. The van der Waals surface area contributed by atoms with E-state index in [1.54, 1.807) is 24.3 Å². The highest BCUT2D eigenvalue weighted by atomic mass is 16.2. The summed E-state index contributed by atoms with van der Waals surface area (Å²) in [6, 6.07) is 12.6. The summed E-state index contributed by atoms with van der Waals surface area (Å²) < 4.78 is 0. The van der Waals surface area contributed by atoms with Gasteiger partial charge in [0, 0.05) is 5.69 Å². The summed E-state index contributed by atoms with van der Waals surface area (Å²) in [6.07, 6.45) is 3.04. The minimum absolute atomic E-state index is 0.136. The third-order valence-electron chi connectivity index (χ3n) is 7.12. The van der Waals surface area contributed by atoms with Crippen LogP contribution in [0.2, 0.25) is 0 Å². The second-order valence-corrected chi connectivity index (χ2v) is 8.70. The van der Waals surface area contributed by atoms with E-state index in [4.69, 9.17) is 0 Å². The molecule has 3 aliphatic rings. The summed E-state index contributed by atoms with van der Waals surface area (Å²) in [5.74, 6) is -0.960. The first-order valence-corrected chi connectivity index (χ1v) is 10.4. The van der Waals surface area contributed by atoms with E-state index in [1.165, 1.54) is 10.5 Å². The number of benzene rings is 2. The van der Waals surface area contributed by atoms with Crippen LogP contribution >= 0.6 is 0 Å². The van der Waals surface area contributed by atoms with Crippen LogP contribution in [0.25, 0.3) is 0 Å². The van der Waals surface area contributed by atoms with Crippen molar-refractivity contribution in [3.8, 4) is 0 Å². The van der Waals surface area contributed by atoms with Crippen LogP contribution in [0.15, 0.2) is 54.1 Å². The van der Waals surface area contributed by atoms with Gasteiger partial charge < -0.3 is 5.32 Å². The molecule has 5 nitrogen and oxygen atoms in total. The third-order valence-corrected chi connectivity index (χ3v) is 7.12. The fraction of sp³-hybridized carbons (Fsp3) is 0.320. The lowest BCUT2D eigenvalue weighted by atomic mass is 9.82. The van der Waals surface area contributed by atoms with E-state index in [-0.39, 0.29) is 41.4 Å². The SMILES string of the molecule is CC1=C[C@H]2C[C@H]1[C@H]1C(=O)N(c3ccccc3C(=O)Nc3cccc(C)c3C)C(=O)[C@@H]12. The second kappa shape index (κ2) is 6.66. The standard InChI is InChI=1S/C25H24N2O3/c1-13-7-6-9-19(15(13)3)26-23(28)17-8-4-5-10-20(17)27-24(29)21-16-11-14(2)18(12-16)22(21)25(27)30/h4-11,16,18,21-22H,12H2,1-3H3,(H,26,28)/t16-,18+,21+,22+/m0/s1. The summed E-state index contributed by atoms with van der Waals surface area (Å²) in [5.41, 5.74) is 4.72. The molecule has 30 heavy (non-hydrogen) atoms. The predicted molar refractivity (Wildman–Crippen MR) is 115 cm³/mol. The maximum absolute atomic E-state index is 13.3. The normalized spacial score (nSPS) is 26.8. The summed E-state index contributed by atoms with van der Waals surface area (Å²) in [7, 11) is 0. The van der Waals surface area contributed by atoms with E-state index in [2.05, 4.69) is 11.4 Å². The number of rotatable bonds is 3. The number of para-hydroxylation sites is 1. The molecular weight excluding hydrogens is 376 g/mol. The lowest BCUT2D eigenvalue weighted by molar-refractivity contribution is -0.123. The molecule has 1 saturated carbocycles. The number of anilines is 2. The molecule has 2 aromatic rings. The fourth-order valence-electron chi connectivity index (χ4n) is 5.45. The molecule has 5 rings (SSSR count). The quantitative estimate of drug-likeness (QED) is 0.618. The monoisotopic (exact) mass is 400 g/mol. The Bertz CT molecular complexity index is 1130. The maximum Gasteiger partial charge on any atom is 0.257 e. The zero-order chi connectivity index (χ0) is 21.2. The van der Waals surface area contributed by atoms with Gasteiger partial charge in [-0.3, -0.25) is 14.4 Å². The average molecular weight is 400 g/mol. The number of allylic oxidation sites excluding steroid dienone is 2. The van der Waals surface area contributed by atoms with Gasteiger partial charge in [-0.25, -0.2) is 4.90 Å². The number of amides is 3. The highest BCUT2D eigenvalue weighted by Crippen LogP contribution is 2.56. The van der Waals surface area contributed by atoms with Gasteiger partial charge in [-0.15, -0.1) is 0 Å². The Kier molecular flexibility index (Phi) is 4.17. The van der Waals surface area contributed by atoms with Crippen LogP contribution in [-0.4, -0.2) is 17.7 Å². The van der Waals surface area contributed by atoms with Gasteiger partial charge in [0.25, 0.3) is 5.91 Å². The maximum atomic E-state index is 13.3. The number of imide groups is 1. The molecule has 1 aliphatic heterocycles. The van der Waals surface area contributed by atoms with Crippen molar-refractivity contribution in [2.24, 2.45) is 23.7 Å². The largest absolute Gasteiger partial charge is 0.322 e. The summed E-state index contributed by atoms with van der Waals surface area (Å²) >= 11 is 0. The van der Waals surface area contributed by atoms with Gasteiger partial charge >= 0.3 is 0 Å². The predicted octanol–water partition coefficient (Wildman–Crippen LogP) is 4.26. The molecule has 5 heteroatoms. The van der Waals surface area contributed by atoms with E-state index >= 15 is 0 Å². The van der Waals surface area contributed by atoms with Gasteiger partial charge in [-0.1, -0.05) is 35.9 Å². The smallest absolute Gasteiger partial charge is 0.257 e. The molecule has 1 saturated heterocycles. The third kappa shape index (κ3) is 2.58. The molecule has 152 valence electrons. The molecular formula is C25H24N2O3. The van der Waals surface area contributed by atoms with E-state index in [0.29, 0.717) is 11.3 Å². The first kappa shape index (κ1) is 18.8. The molecule has 0 spiro atoms. The number of nitrogens with zero attached hydrogens (tertiary/aromatic N) is 1. The van der Waals surface area contributed by atoms with Crippen molar-refractivity contribution in [1.82, 2.24) is 0 Å². The van der Waals surface area contributed by atoms with Crippen LogP contribution in [0.1, 0.15) is 34.8 Å². The Morgan fingerprint density at radius 3 is 2.50 bits per heavy atom. The fourth-order valence-corrected chi connectivity index (χ4v) is 5.45. The first-order chi connectivity index (χ1) is 14.4. The lowest BCUT2D eigenvalue weighted by Crippen LogP contribution is -2.34. The Hall–Kier alpha value is -3.21. The summed E-state index contributed by atoms with van der Waals surface area (Å²) in [6.45, 7) is 5.99. The minimum atomic E-state index is -0.325. The minimum Gasteiger partial charge on any atom is -0.322 e. The molecule has 0 radical (unpaired) electrons. The Morgan fingerprint density at radius 1 is 0.967 bits per heavy atom. The van der Waals surface area contributed by atoms with Gasteiger partial charge in [0.15, 0.2) is 0 Å². The summed E-state index contributed by atoms with van der Waals surface area (Å²) in [5, 5.41) is 2.95. The van der Waals surface area contributed by atoms with Crippen molar-refractivity contribution in [2.75, 3.05) is 10.2 Å². The summed E-state index contributed by atoms with van der Waals surface area (Å²) in [4.78, 5) is 41.0. The Labute approximate surface area is 175 Å². The van der Waals surface area contributed by atoms with Gasteiger partial charge in [0.2, 0.25) is 11.8 Å². The molecule has 2 aromatic carbocycles. The molecule has 2 bridgehead atoms. The number of nitrogens with one attached hydrogen (secondary N) is 1. The van der Waals surface area contributed by atoms with E-state index in [1.807, 2.05) is 39.0 Å². The topological polar surface area (TPSA) is 66.5 Å². The first-order valence-electron chi connectivity index (χ1n) is 10.4. The zero-order valence-corrected chi connectivity index (χ0v) is 17.3. The molecule has 1 heterocycles. The highest BCUT2D eigenvalue weighted by Gasteiger charge is 2.61. The highest BCUT2D eigenvalue weighted by molar-refractivity contribution is 6.25. The number of fused-ring (bicyclic) bond motifs is 5. The Morgan fingerprint density at radius 2 is 1.70 bits per heavy atom. The average Bonchev–Trinajstić information content (AvgIpc) is 3.36. The van der Waals surface area contributed by atoms with Crippen molar-refractivity contribution in [3.63, 3.8) is 0 Å². The van der Waals surface area contributed by atoms with Crippen molar-refractivity contribution in [3.05, 3.63) is 70.8 Å². The molecule has 0 aromatic heterocycles. The van der Waals surface area contributed by atoms with Crippen molar-refractivity contribution in [1.29, 1.82) is 0 Å². The van der Waals surface area contributed by atoms with Crippen LogP contribution in [0.3, 0.4) is 0 Å². The van der Waals surface area contributed by atoms with E-state index in [0.717, 1.165) is 23.2 Å². The van der Waals surface area contributed by atoms with Crippen LogP contribution < -0.4 is 10.2 Å². The number of carbonyl (C=O) groups excluding carboxylic acids is 3. The number of hydrogen-bond acceptors (Lipinski definition) is 3. The van der Waals surface area contributed by atoms with Crippen LogP contribution in [-0.2, 0) is 9.59 Å². The van der Waals surface area contributed by atoms with Gasteiger partial charge in [-0.05, 0) is 68.4 Å². The van der Waals surface area contributed by atoms with E-state index in [9.17, 15) is 14.4 Å². The van der Waals surface area contributed by atoms with Crippen LogP contribution in [0.4, 0.5) is 11.4 Å². The molecule has 4 atom stereocenters. The van der Waals surface area contributed by atoms with Gasteiger partial charge in [0.1, 0.15) is 0 Å². The van der Waals surface area contributed by atoms with E-state index < -0.39 is 0 Å². The molecule has 0 unspecified atom stereocenters. The lowest BCUT2D eigenvalue weighted by Gasteiger charge is -2.21. The van der Waals surface area contributed by atoms with Gasteiger partial charge in [-0.2, -0.15) is 0 Å². The van der Waals surface area contributed by atoms with Crippen molar-refractivity contribution in [2.45, 2.75) is 27.2 Å². The number of hydrogen-bond donors (Lipinski definition) is 1. The molecule has 3 amide bonds. The molecule has 2 aliphatic carbocycles.